The second-order valence-corrected chi connectivity index (χ2v) is 7.44. The van der Waals surface area contributed by atoms with Crippen molar-refractivity contribution in [2.24, 2.45) is 0 Å². The average molecular weight is 377 g/mol. The van der Waals surface area contributed by atoms with E-state index in [1.165, 1.54) is 0 Å². The number of nitrogens with one attached hydrogen (secondary N) is 2. The molecule has 0 spiro atoms. The zero-order valence-corrected chi connectivity index (χ0v) is 16.8. The van der Waals surface area contributed by atoms with E-state index in [2.05, 4.69) is 61.5 Å². The van der Waals surface area contributed by atoms with Crippen molar-refractivity contribution in [2.75, 3.05) is 10.6 Å². The van der Waals surface area contributed by atoms with E-state index in [0.717, 1.165) is 28.3 Å². The van der Waals surface area contributed by atoms with Crippen LogP contribution < -0.4 is 10.6 Å². The van der Waals surface area contributed by atoms with Gasteiger partial charge in [-0.3, -0.25) is 9.78 Å². The molecule has 0 aliphatic heterocycles. The highest BCUT2D eigenvalue weighted by Crippen LogP contribution is 2.32. The van der Waals surface area contributed by atoms with Crippen molar-refractivity contribution in [3.63, 3.8) is 0 Å². The summed E-state index contributed by atoms with van der Waals surface area (Å²) in [5.41, 5.74) is 4.35. The Balaban J connectivity index is 1.81. The standard InChI is InChI=1S/C23H27N3O2/c1-15(2)19-8-5-9-20(16(3)4)22(19)26-23(27)21-13-17(10-11-24-21)25-14-18-7-6-12-28-18/h5-13,15-16H,14H2,1-4H3,(H,24,25)(H,26,27). The lowest BCUT2D eigenvalue weighted by Crippen LogP contribution is -2.17. The Morgan fingerprint density at radius 1 is 1.04 bits per heavy atom. The van der Waals surface area contributed by atoms with Crippen LogP contribution in [0, 0.1) is 0 Å². The predicted octanol–water partition coefficient (Wildman–Crippen LogP) is 5.79. The fourth-order valence-electron chi connectivity index (χ4n) is 3.14. The third-order valence-corrected chi connectivity index (χ3v) is 4.65. The van der Waals surface area contributed by atoms with Crippen LogP contribution in [0.25, 0.3) is 0 Å². The first-order valence-corrected chi connectivity index (χ1v) is 9.62. The van der Waals surface area contributed by atoms with Gasteiger partial charge in [0.15, 0.2) is 0 Å². The van der Waals surface area contributed by atoms with Crippen molar-refractivity contribution in [3.8, 4) is 0 Å². The molecule has 0 unspecified atom stereocenters. The largest absolute Gasteiger partial charge is 0.467 e. The highest BCUT2D eigenvalue weighted by molar-refractivity contribution is 6.04. The van der Waals surface area contributed by atoms with E-state index in [9.17, 15) is 4.79 Å². The molecule has 0 radical (unpaired) electrons. The summed E-state index contributed by atoms with van der Waals surface area (Å²) in [6.07, 6.45) is 3.28. The van der Waals surface area contributed by atoms with E-state index in [-0.39, 0.29) is 5.91 Å². The Bertz CT molecular complexity index is 905. The molecule has 5 heteroatoms. The monoisotopic (exact) mass is 377 g/mol. The molecular weight excluding hydrogens is 350 g/mol. The van der Waals surface area contributed by atoms with Gasteiger partial charge in [0, 0.05) is 17.6 Å². The smallest absolute Gasteiger partial charge is 0.274 e. The molecule has 1 amide bonds. The van der Waals surface area contributed by atoms with Gasteiger partial charge in [0.25, 0.3) is 5.91 Å². The summed E-state index contributed by atoms with van der Waals surface area (Å²) in [5.74, 6) is 1.23. The van der Waals surface area contributed by atoms with Crippen LogP contribution in [0.4, 0.5) is 11.4 Å². The molecule has 0 aliphatic carbocycles. The van der Waals surface area contributed by atoms with Gasteiger partial charge in [-0.2, -0.15) is 0 Å². The molecule has 3 aromatic rings. The van der Waals surface area contributed by atoms with E-state index in [1.807, 2.05) is 18.2 Å². The maximum Gasteiger partial charge on any atom is 0.274 e. The highest BCUT2D eigenvalue weighted by atomic mass is 16.3. The topological polar surface area (TPSA) is 67.2 Å². The summed E-state index contributed by atoms with van der Waals surface area (Å²) >= 11 is 0. The van der Waals surface area contributed by atoms with Crippen molar-refractivity contribution in [1.29, 1.82) is 0 Å². The predicted molar refractivity (Wildman–Crippen MR) is 113 cm³/mol. The summed E-state index contributed by atoms with van der Waals surface area (Å²) in [5, 5.41) is 6.36. The number of aromatic nitrogens is 1. The van der Waals surface area contributed by atoms with E-state index in [0.29, 0.717) is 24.1 Å². The van der Waals surface area contributed by atoms with Gasteiger partial charge < -0.3 is 15.1 Å². The molecule has 0 saturated carbocycles. The number of carbonyl (C=O) groups excluding carboxylic acids is 1. The SMILES string of the molecule is CC(C)c1cccc(C(C)C)c1NC(=O)c1cc(NCc2ccco2)ccn1. The molecular formula is C23H27N3O2. The molecule has 2 N–H and O–H groups in total. The fraction of sp³-hybridized carbons (Fsp3) is 0.304. The summed E-state index contributed by atoms with van der Waals surface area (Å²) < 4.78 is 5.33. The minimum absolute atomic E-state index is 0.211. The number of nitrogens with zero attached hydrogens (tertiary/aromatic N) is 1. The van der Waals surface area contributed by atoms with Crippen LogP contribution in [-0.2, 0) is 6.54 Å². The molecule has 0 aliphatic rings. The number of pyridine rings is 1. The van der Waals surface area contributed by atoms with Crippen LogP contribution in [0.1, 0.15) is 66.9 Å². The second kappa shape index (κ2) is 8.74. The highest BCUT2D eigenvalue weighted by Gasteiger charge is 2.17. The van der Waals surface area contributed by atoms with E-state index in [4.69, 9.17) is 4.42 Å². The third-order valence-electron chi connectivity index (χ3n) is 4.65. The Morgan fingerprint density at radius 3 is 2.36 bits per heavy atom. The van der Waals surface area contributed by atoms with Gasteiger partial charge >= 0.3 is 0 Å². The summed E-state index contributed by atoms with van der Waals surface area (Å²) in [6.45, 7) is 9.07. The number of hydrogen-bond donors (Lipinski definition) is 2. The number of amides is 1. The van der Waals surface area contributed by atoms with Gasteiger partial charge in [-0.15, -0.1) is 0 Å². The van der Waals surface area contributed by atoms with Crippen molar-refractivity contribution < 1.29 is 9.21 Å². The van der Waals surface area contributed by atoms with Crippen LogP contribution in [0.3, 0.4) is 0 Å². The maximum absolute atomic E-state index is 12.9. The molecule has 3 rings (SSSR count). The quantitative estimate of drug-likeness (QED) is 0.547. The lowest BCUT2D eigenvalue weighted by molar-refractivity contribution is 0.102. The lowest BCUT2D eigenvalue weighted by atomic mass is 9.92. The average Bonchev–Trinajstić information content (AvgIpc) is 3.20. The van der Waals surface area contributed by atoms with Gasteiger partial charge in [0.2, 0.25) is 0 Å². The molecule has 2 heterocycles. The zero-order valence-electron chi connectivity index (χ0n) is 16.8. The molecule has 0 bridgehead atoms. The van der Waals surface area contributed by atoms with Crippen molar-refractivity contribution >= 4 is 17.3 Å². The van der Waals surface area contributed by atoms with Gasteiger partial charge in [-0.1, -0.05) is 45.9 Å². The number of benzene rings is 1. The summed E-state index contributed by atoms with van der Waals surface area (Å²) in [7, 11) is 0. The lowest BCUT2D eigenvalue weighted by Gasteiger charge is -2.20. The van der Waals surface area contributed by atoms with Crippen LogP contribution in [0.2, 0.25) is 0 Å². The first-order valence-electron chi connectivity index (χ1n) is 9.62. The number of para-hydroxylation sites is 1. The molecule has 146 valence electrons. The maximum atomic E-state index is 12.9. The van der Waals surface area contributed by atoms with Crippen LogP contribution >= 0.6 is 0 Å². The van der Waals surface area contributed by atoms with Gasteiger partial charge in [-0.05, 0) is 47.2 Å². The van der Waals surface area contributed by atoms with E-state index >= 15 is 0 Å². The minimum atomic E-state index is -0.211. The summed E-state index contributed by atoms with van der Waals surface area (Å²) in [6, 6.07) is 13.5. The Morgan fingerprint density at radius 2 is 1.75 bits per heavy atom. The number of anilines is 2. The molecule has 0 saturated heterocycles. The third kappa shape index (κ3) is 4.60. The van der Waals surface area contributed by atoms with Gasteiger partial charge in [-0.25, -0.2) is 0 Å². The van der Waals surface area contributed by atoms with Crippen molar-refractivity contribution in [3.05, 3.63) is 77.5 Å². The Hall–Kier alpha value is -3.08. The van der Waals surface area contributed by atoms with Crippen LogP contribution in [-0.4, -0.2) is 10.9 Å². The fourth-order valence-corrected chi connectivity index (χ4v) is 3.14. The Labute approximate surface area is 166 Å². The van der Waals surface area contributed by atoms with Crippen LogP contribution in [0.15, 0.2) is 59.3 Å². The van der Waals surface area contributed by atoms with Crippen molar-refractivity contribution in [2.45, 2.75) is 46.1 Å². The van der Waals surface area contributed by atoms with Crippen molar-refractivity contribution in [1.82, 2.24) is 4.98 Å². The minimum Gasteiger partial charge on any atom is -0.467 e. The Kier molecular flexibility index (Phi) is 6.14. The first kappa shape index (κ1) is 19.7. The van der Waals surface area contributed by atoms with Crippen LogP contribution in [0.5, 0.6) is 0 Å². The molecule has 0 fully saturated rings. The molecule has 28 heavy (non-hydrogen) atoms. The number of furan rings is 1. The van der Waals surface area contributed by atoms with E-state index < -0.39 is 0 Å². The number of rotatable bonds is 7. The zero-order chi connectivity index (χ0) is 20.1. The first-order chi connectivity index (χ1) is 13.5. The van der Waals surface area contributed by atoms with E-state index in [1.54, 1.807) is 18.5 Å². The second-order valence-electron chi connectivity index (χ2n) is 7.44. The number of carbonyl (C=O) groups is 1. The molecule has 1 aromatic carbocycles. The van der Waals surface area contributed by atoms with Gasteiger partial charge in [0.05, 0.1) is 12.8 Å². The summed E-state index contributed by atoms with van der Waals surface area (Å²) in [4.78, 5) is 17.2. The number of hydrogen-bond acceptors (Lipinski definition) is 4. The van der Waals surface area contributed by atoms with Gasteiger partial charge in [0.1, 0.15) is 11.5 Å². The molecule has 5 nitrogen and oxygen atoms in total. The molecule has 2 aromatic heterocycles. The molecule has 0 atom stereocenters. The normalized spacial score (nSPS) is 11.1.